The second-order valence-corrected chi connectivity index (χ2v) is 7.71. The van der Waals surface area contributed by atoms with Gasteiger partial charge in [-0.15, -0.1) is 11.3 Å². The molecule has 0 spiro atoms. The van der Waals surface area contributed by atoms with Gasteiger partial charge in [-0.1, -0.05) is 6.92 Å². The van der Waals surface area contributed by atoms with E-state index in [9.17, 15) is 14.7 Å². The Morgan fingerprint density at radius 2 is 2.00 bits per heavy atom. The molecule has 0 bridgehead atoms. The first-order valence-electron chi connectivity index (χ1n) is 8.87. The van der Waals surface area contributed by atoms with Crippen molar-refractivity contribution in [2.24, 2.45) is 0 Å². The molecule has 1 fully saturated rings. The van der Waals surface area contributed by atoms with E-state index in [2.05, 4.69) is 4.90 Å². The number of carboxylic acids is 1. The first-order valence-corrected chi connectivity index (χ1v) is 9.75. The van der Waals surface area contributed by atoms with Gasteiger partial charge in [-0.3, -0.25) is 4.79 Å². The third-order valence-corrected chi connectivity index (χ3v) is 6.15. The number of pyridine rings is 1. The molecular formula is C19H20FN3O3S. The molecule has 1 saturated heterocycles. The number of carbonyl (C=O) groups is 1. The quantitative estimate of drug-likeness (QED) is 0.746. The van der Waals surface area contributed by atoms with Gasteiger partial charge in [-0.25, -0.2) is 9.18 Å². The Morgan fingerprint density at radius 3 is 2.63 bits per heavy atom. The van der Waals surface area contributed by atoms with Crippen molar-refractivity contribution in [3.63, 3.8) is 0 Å². The number of rotatable bonds is 3. The molecule has 2 aromatic heterocycles. The number of piperazine rings is 1. The third-order valence-electron chi connectivity index (χ3n) is 5.27. The van der Waals surface area contributed by atoms with Crippen LogP contribution >= 0.6 is 11.3 Å². The summed E-state index contributed by atoms with van der Waals surface area (Å²) in [5.74, 6) is -1.70. The molecule has 1 aliphatic rings. The van der Waals surface area contributed by atoms with Crippen molar-refractivity contribution in [1.29, 1.82) is 0 Å². The van der Waals surface area contributed by atoms with Crippen molar-refractivity contribution < 1.29 is 14.3 Å². The molecule has 0 radical (unpaired) electrons. The van der Waals surface area contributed by atoms with Gasteiger partial charge in [0.05, 0.1) is 16.6 Å². The number of likely N-dealkylation sites (N-methyl/N-ethyl adjacent to an activating group) is 1. The molecule has 1 aromatic carbocycles. The van der Waals surface area contributed by atoms with E-state index < -0.39 is 17.2 Å². The Balaban J connectivity index is 2.08. The van der Waals surface area contributed by atoms with Gasteiger partial charge in [-0.05, 0) is 19.5 Å². The lowest BCUT2D eigenvalue weighted by molar-refractivity contribution is 0.0697. The number of aryl methyl sites for hydroxylation is 1. The highest BCUT2D eigenvalue weighted by atomic mass is 32.1. The summed E-state index contributed by atoms with van der Waals surface area (Å²) >= 11 is 1.20. The van der Waals surface area contributed by atoms with Crippen LogP contribution in [0.2, 0.25) is 0 Å². The Morgan fingerprint density at radius 1 is 1.30 bits per heavy atom. The number of benzene rings is 1. The topological polar surface area (TPSA) is 65.3 Å². The monoisotopic (exact) mass is 389 g/mol. The number of carboxylic acid groups (broad SMARTS) is 1. The van der Waals surface area contributed by atoms with Crippen LogP contribution in [0.15, 0.2) is 22.4 Å². The molecule has 3 aromatic rings. The molecular weight excluding hydrogens is 369 g/mol. The van der Waals surface area contributed by atoms with Crippen molar-refractivity contribution in [2.75, 3.05) is 38.1 Å². The van der Waals surface area contributed by atoms with E-state index in [0.29, 0.717) is 35.5 Å². The zero-order valence-corrected chi connectivity index (χ0v) is 16.0. The van der Waals surface area contributed by atoms with E-state index >= 15 is 4.39 Å². The first-order chi connectivity index (χ1) is 12.9. The Bertz CT molecular complexity index is 1110. The molecule has 27 heavy (non-hydrogen) atoms. The van der Waals surface area contributed by atoms with E-state index in [-0.39, 0.29) is 16.5 Å². The predicted molar refractivity (Wildman–Crippen MR) is 105 cm³/mol. The maximum Gasteiger partial charge on any atom is 0.342 e. The van der Waals surface area contributed by atoms with Gasteiger partial charge in [0.25, 0.3) is 0 Å². The van der Waals surface area contributed by atoms with Crippen molar-refractivity contribution in [3.8, 4) is 0 Å². The Labute approximate surface area is 159 Å². The summed E-state index contributed by atoms with van der Waals surface area (Å²) in [4.78, 5) is 29.2. The Kier molecular flexibility index (Phi) is 4.39. The standard InChI is InChI=1S/C19H20FN3O3S/c1-3-11-14-12(10-13(16(11)20)22-6-4-21(2)5-7-22)23-8-9-27-18(23)15(17(14)24)19(25)26/h8-10H,3-7H2,1-2H3,(H,25,26). The molecule has 0 saturated carbocycles. The van der Waals surface area contributed by atoms with Crippen molar-refractivity contribution in [3.05, 3.63) is 44.8 Å². The average Bonchev–Trinajstić information content (AvgIpc) is 3.11. The molecule has 142 valence electrons. The van der Waals surface area contributed by atoms with Crippen LogP contribution in [0, 0.1) is 5.82 Å². The first kappa shape index (κ1) is 17.9. The summed E-state index contributed by atoms with van der Waals surface area (Å²) in [6.07, 6.45) is 2.05. The van der Waals surface area contributed by atoms with Gasteiger partial charge < -0.3 is 19.3 Å². The zero-order chi connectivity index (χ0) is 19.3. The van der Waals surface area contributed by atoms with Crippen LogP contribution in [0.3, 0.4) is 0 Å². The van der Waals surface area contributed by atoms with Gasteiger partial charge in [0.15, 0.2) is 5.82 Å². The van der Waals surface area contributed by atoms with Crippen LogP contribution in [0.25, 0.3) is 15.7 Å². The molecule has 0 atom stereocenters. The van der Waals surface area contributed by atoms with Crippen molar-refractivity contribution in [2.45, 2.75) is 13.3 Å². The number of anilines is 1. The van der Waals surface area contributed by atoms with Gasteiger partial charge in [-0.2, -0.15) is 0 Å². The minimum Gasteiger partial charge on any atom is -0.477 e. The minimum atomic E-state index is -1.28. The summed E-state index contributed by atoms with van der Waals surface area (Å²) in [5, 5.41) is 11.5. The number of nitrogens with zero attached hydrogens (tertiary/aromatic N) is 3. The number of halogens is 1. The molecule has 0 aliphatic carbocycles. The summed E-state index contributed by atoms with van der Waals surface area (Å²) < 4.78 is 17.1. The summed E-state index contributed by atoms with van der Waals surface area (Å²) in [5.41, 5.74) is 0.428. The average molecular weight is 389 g/mol. The number of aromatic carboxylic acids is 1. The SMILES string of the molecule is CCc1c(F)c(N2CCN(C)CC2)cc2c1c(=O)c(C(=O)O)c1sccn12. The van der Waals surface area contributed by atoms with E-state index in [1.54, 1.807) is 29.0 Å². The minimum absolute atomic E-state index is 0.168. The summed E-state index contributed by atoms with van der Waals surface area (Å²) in [6.45, 7) is 4.87. The fourth-order valence-electron chi connectivity index (χ4n) is 3.80. The van der Waals surface area contributed by atoms with Gasteiger partial charge in [0, 0.05) is 43.3 Å². The molecule has 3 heterocycles. The summed E-state index contributed by atoms with van der Waals surface area (Å²) in [7, 11) is 2.04. The lowest BCUT2D eigenvalue weighted by atomic mass is 10.0. The second kappa shape index (κ2) is 6.61. The smallest absolute Gasteiger partial charge is 0.342 e. The third kappa shape index (κ3) is 2.71. The van der Waals surface area contributed by atoms with Crippen LogP contribution < -0.4 is 10.3 Å². The number of aromatic nitrogens is 1. The zero-order valence-electron chi connectivity index (χ0n) is 15.2. The predicted octanol–water partition coefficient (Wildman–Crippen LogP) is 2.67. The second-order valence-electron chi connectivity index (χ2n) is 6.81. The lowest BCUT2D eigenvalue weighted by Crippen LogP contribution is -2.45. The normalized spacial score (nSPS) is 15.7. The molecule has 6 nitrogen and oxygen atoms in total. The molecule has 4 rings (SSSR count). The fraction of sp³-hybridized carbons (Fsp3) is 0.368. The van der Waals surface area contributed by atoms with Crippen LogP contribution in [0.1, 0.15) is 22.8 Å². The van der Waals surface area contributed by atoms with Crippen LogP contribution in [-0.4, -0.2) is 53.6 Å². The van der Waals surface area contributed by atoms with Gasteiger partial charge >= 0.3 is 5.97 Å². The molecule has 0 amide bonds. The van der Waals surface area contributed by atoms with Crippen LogP contribution in [0.4, 0.5) is 10.1 Å². The van der Waals surface area contributed by atoms with E-state index in [1.165, 1.54) is 11.3 Å². The number of hydrogen-bond donors (Lipinski definition) is 1. The highest BCUT2D eigenvalue weighted by molar-refractivity contribution is 7.16. The van der Waals surface area contributed by atoms with Gasteiger partial charge in [0.1, 0.15) is 10.4 Å². The van der Waals surface area contributed by atoms with E-state index in [0.717, 1.165) is 13.1 Å². The van der Waals surface area contributed by atoms with E-state index in [4.69, 9.17) is 0 Å². The Hall–Kier alpha value is -2.45. The van der Waals surface area contributed by atoms with Crippen LogP contribution in [-0.2, 0) is 6.42 Å². The maximum atomic E-state index is 15.4. The number of fused-ring (bicyclic) bond motifs is 3. The van der Waals surface area contributed by atoms with Crippen molar-refractivity contribution >= 4 is 38.7 Å². The highest BCUT2D eigenvalue weighted by Crippen LogP contribution is 2.32. The van der Waals surface area contributed by atoms with E-state index in [1.807, 2.05) is 11.9 Å². The lowest BCUT2D eigenvalue weighted by Gasteiger charge is -2.34. The molecule has 1 aliphatic heterocycles. The highest BCUT2D eigenvalue weighted by Gasteiger charge is 2.26. The summed E-state index contributed by atoms with van der Waals surface area (Å²) in [6, 6.07) is 1.70. The van der Waals surface area contributed by atoms with Gasteiger partial charge in [0.2, 0.25) is 5.43 Å². The number of hydrogen-bond acceptors (Lipinski definition) is 5. The van der Waals surface area contributed by atoms with Crippen molar-refractivity contribution in [1.82, 2.24) is 9.30 Å². The molecule has 0 unspecified atom stereocenters. The maximum absolute atomic E-state index is 15.4. The molecule has 1 N–H and O–H groups in total. The van der Waals surface area contributed by atoms with Crippen LogP contribution in [0.5, 0.6) is 0 Å². The molecule has 8 heteroatoms. The number of thiazole rings is 1. The largest absolute Gasteiger partial charge is 0.477 e. The fourth-order valence-corrected chi connectivity index (χ4v) is 4.68.